The first-order chi connectivity index (χ1) is 12.7. The third-order valence-electron chi connectivity index (χ3n) is 4.54. The van der Waals surface area contributed by atoms with E-state index in [1.807, 2.05) is 30.3 Å². The molecule has 0 bridgehead atoms. The minimum atomic E-state index is 0.180. The molecule has 0 atom stereocenters. The van der Waals surface area contributed by atoms with Gasteiger partial charge in [0.15, 0.2) is 17.0 Å². The van der Waals surface area contributed by atoms with Crippen LogP contribution in [0.3, 0.4) is 0 Å². The normalized spacial score (nSPS) is 14.1. The highest BCUT2D eigenvalue weighted by Crippen LogP contribution is 2.34. The summed E-state index contributed by atoms with van der Waals surface area (Å²) in [6.07, 6.45) is 3.41. The van der Waals surface area contributed by atoms with Crippen LogP contribution in [0.25, 0.3) is 22.3 Å². The van der Waals surface area contributed by atoms with Crippen LogP contribution in [0.1, 0.15) is 19.3 Å². The van der Waals surface area contributed by atoms with E-state index in [1.54, 1.807) is 14.2 Å². The molecule has 0 saturated heterocycles. The molecule has 0 aliphatic heterocycles. The zero-order valence-corrected chi connectivity index (χ0v) is 14.7. The van der Waals surface area contributed by atoms with Crippen molar-refractivity contribution in [2.24, 2.45) is 0 Å². The minimum Gasteiger partial charge on any atom is -0.493 e. The minimum absolute atomic E-state index is 0.180. The number of hydrogen-bond donors (Lipinski definition) is 1. The Morgan fingerprint density at radius 1 is 0.962 bits per heavy atom. The molecule has 7 nitrogen and oxygen atoms in total. The van der Waals surface area contributed by atoms with E-state index in [1.165, 1.54) is 6.42 Å². The van der Waals surface area contributed by atoms with E-state index in [2.05, 4.69) is 9.97 Å². The van der Waals surface area contributed by atoms with Crippen molar-refractivity contribution in [2.45, 2.75) is 25.4 Å². The molecule has 2 aromatic heterocycles. The number of aromatic nitrogens is 3. The van der Waals surface area contributed by atoms with Gasteiger partial charge in [-0.25, -0.2) is 9.97 Å². The van der Waals surface area contributed by atoms with Gasteiger partial charge in [0.2, 0.25) is 11.8 Å². The van der Waals surface area contributed by atoms with Crippen molar-refractivity contribution in [3.8, 4) is 28.6 Å². The van der Waals surface area contributed by atoms with E-state index in [0.29, 0.717) is 28.4 Å². The van der Waals surface area contributed by atoms with Crippen molar-refractivity contribution in [3.63, 3.8) is 0 Å². The number of rotatable bonds is 5. The molecular formula is C19H20N4O3. The molecule has 3 aromatic rings. The molecule has 1 aliphatic rings. The zero-order chi connectivity index (χ0) is 18.1. The van der Waals surface area contributed by atoms with E-state index in [0.717, 1.165) is 24.1 Å². The van der Waals surface area contributed by atoms with E-state index in [9.17, 15) is 0 Å². The third kappa shape index (κ3) is 2.96. The number of nitrogens with zero attached hydrogens (tertiary/aromatic N) is 3. The molecule has 0 radical (unpaired) electrons. The maximum Gasteiger partial charge on any atom is 0.245 e. The number of nitrogen functional groups attached to an aromatic ring is 1. The van der Waals surface area contributed by atoms with Gasteiger partial charge in [-0.3, -0.25) is 0 Å². The Bertz CT molecular complexity index is 957. The van der Waals surface area contributed by atoms with Crippen LogP contribution in [0.15, 0.2) is 30.3 Å². The summed E-state index contributed by atoms with van der Waals surface area (Å²) in [6, 6.07) is 9.44. The molecule has 1 aliphatic carbocycles. The summed E-state index contributed by atoms with van der Waals surface area (Å²) in [6.45, 7) is 0. The Morgan fingerprint density at radius 2 is 1.77 bits per heavy atom. The maximum atomic E-state index is 5.98. The lowest BCUT2D eigenvalue weighted by atomic mass is 9.96. The average Bonchev–Trinajstić information content (AvgIpc) is 2.63. The van der Waals surface area contributed by atoms with Crippen LogP contribution in [0, 0.1) is 0 Å². The Labute approximate surface area is 151 Å². The fraction of sp³-hybridized carbons (Fsp3) is 0.316. The van der Waals surface area contributed by atoms with E-state index in [4.69, 9.17) is 24.9 Å². The van der Waals surface area contributed by atoms with Gasteiger partial charge in [0, 0.05) is 5.56 Å². The molecular weight excluding hydrogens is 332 g/mol. The number of methoxy groups -OCH3 is 2. The van der Waals surface area contributed by atoms with Gasteiger partial charge >= 0.3 is 0 Å². The molecule has 7 heteroatoms. The lowest BCUT2D eigenvalue weighted by molar-refractivity contribution is 0.116. The van der Waals surface area contributed by atoms with Gasteiger partial charge in [-0.15, -0.1) is 0 Å². The SMILES string of the molecule is COc1ccc(-c2ccc3nc(N)nc(OC4CCC4)c3n2)cc1OC. The lowest BCUT2D eigenvalue weighted by Crippen LogP contribution is -2.25. The van der Waals surface area contributed by atoms with Gasteiger partial charge < -0.3 is 19.9 Å². The molecule has 1 saturated carbocycles. The third-order valence-corrected chi connectivity index (χ3v) is 4.54. The van der Waals surface area contributed by atoms with Crippen LogP contribution in [0.2, 0.25) is 0 Å². The Hall–Kier alpha value is -3.09. The molecule has 1 aromatic carbocycles. The summed E-state index contributed by atoms with van der Waals surface area (Å²) in [5, 5.41) is 0. The summed E-state index contributed by atoms with van der Waals surface area (Å²) in [4.78, 5) is 13.2. The van der Waals surface area contributed by atoms with Gasteiger partial charge in [0.05, 0.1) is 25.4 Å². The van der Waals surface area contributed by atoms with Gasteiger partial charge in [-0.1, -0.05) is 0 Å². The number of pyridine rings is 1. The molecule has 2 N–H and O–H groups in total. The lowest BCUT2D eigenvalue weighted by Gasteiger charge is -2.26. The smallest absolute Gasteiger partial charge is 0.245 e. The first kappa shape index (κ1) is 16.4. The molecule has 2 heterocycles. The number of fused-ring (bicyclic) bond motifs is 1. The highest BCUT2D eigenvalue weighted by atomic mass is 16.5. The number of hydrogen-bond acceptors (Lipinski definition) is 7. The van der Waals surface area contributed by atoms with Gasteiger partial charge in [-0.2, -0.15) is 4.98 Å². The summed E-state index contributed by atoms with van der Waals surface area (Å²) < 4.78 is 16.7. The monoisotopic (exact) mass is 352 g/mol. The first-order valence-corrected chi connectivity index (χ1v) is 8.51. The molecule has 134 valence electrons. The molecule has 0 amide bonds. The van der Waals surface area contributed by atoms with E-state index >= 15 is 0 Å². The zero-order valence-electron chi connectivity index (χ0n) is 14.7. The fourth-order valence-electron chi connectivity index (χ4n) is 2.89. The average molecular weight is 352 g/mol. The van der Waals surface area contributed by atoms with Crippen LogP contribution in [0.5, 0.6) is 17.4 Å². The molecule has 1 fully saturated rings. The molecule has 26 heavy (non-hydrogen) atoms. The van der Waals surface area contributed by atoms with E-state index in [-0.39, 0.29) is 12.1 Å². The number of nitrogens with two attached hydrogens (primary N) is 1. The van der Waals surface area contributed by atoms with Gasteiger partial charge in [0.25, 0.3) is 0 Å². The number of anilines is 1. The van der Waals surface area contributed by atoms with Crippen LogP contribution in [-0.4, -0.2) is 35.3 Å². The summed E-state index contributed by atoms with van der Waals surface area (Å²) in [5.41, 5.74) is 8.76. The van der Waals surface area contributed by atoms with Crippen LogP contribution >= 0.6 is 0 Å². The van der Waals surface area contributed by atoms with Crippen LogP contribution < -0.4 is 19.9 Å². The second kappa shape index (κ2) is 6.67. The fourth-order valence-corrected chi connectivity index (χ4v) is 2.89. The van der Waals surface area contributed by atoms with Crippen molar-refractivity contribution < 1.29 is 14.2 Å². The highest BCUT2D eigenvalue weighted by Gasteiger charge is 2.22. The molecule has 4 rings (SSSR count). The summed E-state index contributed by atoms with van der Waals surface area (Å²) in [5.74, 6) is 1.94. The highest BCUT2D eigenvalue weighted by molar-refractivity contribution is 5.83. The second-order valence-electron chi connectivity index (χ2n) is 6.19. The Kier molecular flexibility index (Phi) is 4.20. The predicted molar refractivity (Wildman–Crippen MR) is 98.6 cm³/mol. The largest absolute Gasteiger partial charge is 0.493 e. The Morgan fingerprint density at radius 3 is 2.46 bits per heavy atom. The van der Waals surface area contributed by atoms with Crippen LogP contribution in [-0.2, 0) is 0 Å². The summed E-state index contributed by atoms with van der Waals surface area (Å²) in [7, 11) is 3.22. The van der Waals surface area contributed by atoms with Crippen molar-refractivity contribution in [3.05, 3.63) is 30.3 Å². The van der Waals surface area contributed by atoms with Gasteiger partial charge in [-0.05, 0) is 49.6 Å². The standard InChI is InChI=1S/C19H20N4O3/c1-24-15-9-6-11(10-16(15)25-2)13-7-8-14-17(21-13)18(23-19(20)22-14)26-12-4-3-5-12/h6-10,12H,3-5H2,1-2H3,(H2,20,22,23). The first-order valence-electron chi connectivity index (χ1n) is 8.51. The van der Waals surface area contributed by atoms with Crippen LogP contribution in [0.4, 0.5) is 5.95 Å². The molecule has 0 unspecified atom stereocenters. The maximum absolute atomic E-state index is 5.98. The van der Waals surface area contributed by atoms with Gasteiger partial charge in [0.1, 0.15) is 6.10 Å². The van der Waals surface area contributed by atoms with Crippen molar-refractivity contribution in [1.29, 1.82) is 0 Å². The molecule has 0 spiro atoms. The Balaban J connectivity index is 1.79. The predicted octanol–water partition coefficient (Wildman–Crippen LogP) is 3.22. The number of benzene rings is 1. The van der Waals surface area contributed by atoms with Crippen molar-refractivity contribution in [2.75, 3.05) is 20.0 Å². The van der Waals surface area contributed by atoms with Crippen molar-refractivity contribution >= 4 is 17.0 Å². The van der Waals surface area contributed by atoms with E-state index < -0.39 is 0 Å². The number of ether oxygens (including phenoxy) is 3. The van der Waals surface area contributed by atoms with Crippen molar-refractivity contribution in [1.82, 2.24) is 15.0 Å². The quantitative estimate of drug-likeness (QED) is 0.753. The second-order valence-corrected chi connectivity index (χ2v) is 6.19. The topological polar surface area (TPSA) is 92.4 Å². The summed E-state index contributed by atoms with van der Waals surface area (Å²) >= 11 is 0.